The van der Waals surface area contributed by atoms with E-state index in [0.717, 1.165) is 34.8 Å². The first kappa shape index (κ1) is 25.1. The first-order valence-corrected chi connectivity index (χ1v) is 12.4. The van der Waals surface area contributed by atoms with Crippen LogP contribution < -0.4 is 10.4 Å². The zero-order chi connectivity index (χ0) is 26.0. The normalized spacial score (nSPS) is 12.5. The molecule has 9 nitrogen and oxygen atoms in total. The van der Waals surface area contributed by atoms with Gasteiger partial charge in [0.25, 0.3) is 11.2 Å². The smallest absolute Gasteiger partial charge is 0.283 e. The summed E-state index contributed by atoms with van der Waals surface area (Å²) >= 11 is 1.36. The molecule has 36 heavy (non-hydrogen) atoms. The largest absolute Gasteiger partial charge is 0.297 e. The number of nitro benzene ring substituents is 1. The lowest BCUT2D eigenvalue weighted by atomic mass is 10.1. The molecule has 0 radical (unpaired) electrons. The first-order valence-electron chi connectivity index (χ1n) is 11.6. The van der Waals surface area contributed by atoms with Crippen molar-refractivity contribution in [2.24, 2.45) is 23.1 Å². The summed E-state index contributed by atoms with van der Waals surface area (Å²) < 4.78 is 5.11. The fourth-order valence-corrected chi connectivity index (χ4v) is 4.84. The number of nitro groups is 1. The molecule has 0 N–H and O–H groups in total. The number of benzene rings is 2. The molecule has 10 heteroatoms. The van der Waals surface area contributed by atoms with E-state index in [-0.39, 0.29) is 11.2 Å². The molecule has 0 saturated carbocycles. The molecule has 2 heterocycles. The minimum Gasteiger partial charge on any atom is -0.283 e. The van der Waals surface area contributed by atoms with E-state index in [1.807, 2.05) is 56.6 Å². The second-order valence-corrected chi connectivity index (χ2v) is 9.81. The van der Waals surface area contributed by atoms with Gasteiger partial charge in [-0.25, -0.2) is 14.4 Å². The third kappa shape index (κ3) is 4.99. The summed E-state index contributed by atoms with van der Waals surface area (Å²) in [5, 5.41) is 17.8. The Morgan fingerprint density at radius 1 is 1.11 bits per heavy atom. The maximum absolute atomic E-state index is 13.4. The van der Waals surface area contributed by atoms with E-state index in [9.17, 15) is 14.9 Å². The van der Waals surface area contributed by atoms with Gasteiger partial charge < -0.3 is 0 Å². The second kappa shape index (κ2) is 10.3. The lowest BCUT2D eigenvalue weighted by molar-refractivity contribution is -0.384. The Morgan fingerprint density at radius 3 is 2.39 bits per heavy atom. The molecule has 0 aliphatic heterocycles. The molecule has 0 atom stereocenters. The zero-order valence-electron chi connectivity index (χ0n) is 20.9. The second-order valence-electron chi connectivity index (χ2n) is 8.97. The monoisotopic (exact) mass is 504 g/mol. The van der Waals surface area contributed by atoms with E-state index in [2.05, 4.69) is 13.8 Å². The van der Waals surface area contributed by atoms with Crippen LogP contribution in [0.4, 0.5) is 11.4 Å². The highest BCUT2D eigenvalue weighted by Gasteiger charge is 2.17. The number of hydrogen-bond acceptors (Lipinski definition) is 6. The van der Waals surface area contributed by atoms with Gasteiger partial charge >= 0.3 is 0 Å². The fourth-order valence-electron chi connectivity index (χ4n) is 4.01. The fraction of sp³-hybridized carbons (Fsp3) is 0.269. The van der Waals surface area contributed by atoms with Gasteiger partial charge in [-0.1, -0.05) is 32.0 Å². The van der Waals surface area contributed by atoms with E-state index >= 15 is 0 Å². The summed E-state index contributed by atoms with van der Waals surface area (Å²) in [5.41, 5.74) is 4.05. The van der Waals surface area contributed by atoms with E-state index in [1.165, 1.54) is 23.5 Å². The van der Waals surface area contributed by atoms with Crippen LogP contribution in [0.1, 0.15) is 32.9 Å². The minimum atomic E-state index is -0.424. The summed E-state index contributed by atoms with van der Waals surface area (Å²) in [5.74, 6) is 0.422. The van der Waals surface area contributed by atoms with Crippen molar-refractivity contribution in [1.82, 2.24) is 14.0 Å². The van der Waals surface area contributed by atoms with Crippen molar-refractivity contribution in [2.45, 2.75) is 34.1 Å². The first-order chi connectivity index (χ1) is 17.2. The summed E-state index contributed by atoms with van der Waals surface area (Å²) in [6.07, 6.45) is 0.799. The average Bonchev–Trinajstić information content (AvgIpc) is 3.32. The van der Waals surface area contributed by atoms with E-state index in [0.29, 0.717) is 16.4 Å². The number of thiazole rings is 1. The topological polar surface area (TPSA) is 99.7 Å². The Morgan fingerprint density at radius 2 is 1.78 bits per heavy atom. The van der Waals surface area contributed by atoms with Crippen LogP contribution in [0.5, 0.6) is 0 Å². The Hall–Kier alpha value is -4.05. The Labute approximate surface area is 212 Å². The van der Waals surface area contributed by atoms with Crippen molar-refractivity contribution in [2.75, 3.05) is 0 Å². The molecule has 0 aliphatic carbocycles. The quantitative estimate of drug-likeness (QED) is 0.191. The summed E-state index contributed by atoms with van der Waals surface area (Å²) in [6.45, 7) is 8.07. The Balaban J connectivity index is 1.91. The molecule has 4 aromatic rings. The summed E-state index contributed by atoms with van der Waals surface area (Å²) in [6, 6.07) is 15.8. The number of aromatic nitrogens is 3. The van der Waals surface area contributed by atoms with Crippen LogP contribution in [0.3, 0.4) is 0 Å². The van der Waals surface area contributed by atoms with Crippen LogP contribution in [0, 0.1) is 23.0 Å². The molecule has 186 valence electrons. The van der Waals surface area contributed by atoms with Crippen LogP contribution in [0.2, 0.25) is 0 Å². The molecular weight excluding hydrogens is 476 g/mol. The van der Waals surface area contributed by atoms with Crippen LogP contribution in [-0.2, 0) is 7.05 Å². The maximum atomic E-state index is 13.4. The zero-order valence-corrected chi connectivity index (χ0v) is 21.7. The maximum Gasteiger partial charge on any atom is 0.297 e. The highest BCUT2D eigenvalue weighted by molar-refractivity contribution is 7.07. The number of nitrogens with zero attached hydrogens (tertiary/aromatic N) is 6. The Kier molecular flexibility index (Phi) is 7.16. The van der Waals surface area contributed by atoms with Crippen LogP contribution in [0.25, 0.3) is 16.9 Å². The molecule has 0 aliphatic rings. The molecule has 2 aromatic heterocycles. The molecule has 0 fully saturated rings. The van der Waals surface area contributed by atoms with Crippen molar-refractivity contribution >= 4 is 28.4 Å². The van der Waals surface area contributed by atoms with E-state index in [4.69, 9.17) is 10.1 Å². The third-order valence-electron chi connectivity index (χ3n) is 5.76. The molecular formula is C26H28N6O3S. The van der Waals surface area contributed by atoms with Gasteiger partial charge in [0, 0.05) is 35.8 Å². The van der Waals surface area contributed by atoms with Gasteiger partial charge in [-0.3, -0.25) is 19.6 Å². The SMILES string of the molecule is CC(CC(C)C)=Nn1c(-c2ccc([N+](=O)[O-])cc2)csc1=Nc1c(C)n(C)n(-c2ccccc2)c1=O. The van der Waals surface area contributed by atoms with Crippen LogP contribution in [-0.4, -0.2) is 24.7 Å². The molecule has 0 saturated heterocycles. The van der Waals surface area contributed by atoms with Gasteiger partial charge in [0.05, 0.1) is 22.0 Å². The van der Waals surface area contributed by atoms with Crippen molar-refractivity contribution in [3.8, 4) is 16.9 Å². The number of non-ortho nitro benzene ring substituents is 1. The predicted octanol–water partition coefficient (Wildman–Crippen LogP) is 5.43. The highest BCUT2D eigenvalue weighted by atomic mass is 32.1. The number of rotatable bonds is 7. The Bertz CT molecular complexity index is 1550. The summed E-state index contributed by atoms with van der Waals surface area (Å²) in [7, 11) is 1.83. The molecule has 4 rings (SSSR count). The van der Waals surface area contributed by atoms with Gasteiger partial charge in [0.1, 0.15) is 0 Å². The minimum absolute atomic E-state index is 0.0197. The summed E-state index contributed by atoms with van der Waals surface area (Å²) in [4.78, 5) is 29.4. The van der Waals surface area contributed by atoms with Crippen molar-refractivity contribution in [3.63, 3.8) is 0 Å². The van der Waals surface area contributed by atoms with Crippen molar-refractivity contribution < 1.29 is 4.92 Å². The predicted molar refractivity (Wildman–Crippen MR) is 143 cm³/mol. The lowest BCUT2D eigenvalue weighted by Gasteiger charge is -2.07. The van der Waals surface area contributed by atoms with Gasteiger partial charge in [0.2, 0.25) is 4.80 Å². The highest BCUT2D eigenvalue weighted by Crippen LogP contribution is 2.24. The number of hydrogen-bond donors (Lipinski definition) is 0. The molecule has 2 aromatic carbocycles. The van der Waals surface area contributed by atoms with Gasteiger partial charge in [-0.2, -0.15) is 5.10 Å². The molecule has 0 spiro atoms. The van der Waals surface area contributed by atoms with Crippen molar-refractivity contribution in [3.05, 3.63) is 90.9 Å². The van der Waals surface area contributed by atoms with E-state index in [1.54, 1.807) is 26.2 Å². The third-order valence-corrected chi connectivity index (χ3v) is 6.58. The van der Waals surface area contributed by atoms with Gasteiger partial charge in [0.15, 0.2) is 5.69 Å². The van der Waals surface area contributed by atoms with Crippen molar-refractivity contribution in [1.29, 1.82) is 0 Å². The number of para-hydroxylation sites is 1. The van der Waals surface area contributed by atoms with Crippen LogP contribution >= 0.6 is 11.3 Å². The molecule has 0 amide bonds. The van der Waals surface area contributed by atoms with Gasteiger partial charge in [-0.15, -0.1) is 11.3 Å². The average molecular weight is 505 g/mol. The standard InChI is InChI=1S/C26H28N6O3S/c1-17(2)15-18(3)28-30-23(20-11-13-22(14-12-20)32(34)35)16-36-26(30)27-24-19(4)29(5)31(25(24)33)21-9-7-6-8-10-21/h6-14,16-17H,15H2,1-5H3. The molecule has 0 unspecified atom stereocenters. The van der Waals surface area contributed by atoms with Gasteiger partial charge in [-0.05, 0) is 50.5 Å². The van der Waals surface area contributed by atoms with Crippen LogP contribution in [0.15, 0.2) is 74.9 Å². The molecule has 0 bridgehead atoms. The lowest BCUT2D eigenvalue weighted by Crippen LogP contribution is -2.20. The van der Waals surface area contributed by atoms with E-state index < -0.39 is 4.92 Å².